The van der Waals surface area contributed by atoms with Crippen LogP contribution in [-0.2, 0) is 10.1 Å². The molecule has 30 heavy (non-hydrogen) atoms. The molecule has 0 saturated heterocycles. The number of benzene rings is 1. The Labute approximate surface area is 182 Å². The van der Waals surface area contributed by atoms with Crippen LogP contribution in [0.1, 0.15) is 102 Å². The molecule has 6 heteroatoms. The maximum atomic E-state index is 11.3. The zero-order valence-electron chi connectivity index (χ0n) is 18.4. The second kappa shape index (κ2) is 13.6. The normalized spacial score (nSPS) is 12.3. The highest BCUT2D eigenvalue weighted by Crippen LogP contribution is 2.20. The summed E-state index contributed by atoms with van der Waals surface area (Å²) < 4.78 is 31.7. The van der Waals surface area contributed by atoms with Crippen molar-refractivity contribution in [1.29, 1.82) is 0 Å². The van der Waals surface area contributed by atoms with E-state index in [1.54, 1.807) is 6.07 Å². The molecule has 0 aliphatic heterocycles. The van der Waals surface area contributed by atoms with E-state index >= 15 is 0 Å². The van der Waals surface area contributed by atoms with Crippen molar-refractivity contribution in [3.05, 3.63) is 29.8 Å². The number of H-pyrrole nitrogens is 1. The minimum Gasteiger partial charge on any atom is -0.327 e. The maximum absolute atomic E-state index is 11.3. The SMILES string of the molecule is CCCCCCCCCCCCCCCC=Cc1cccc2[nH]c(S(=O)(=O)O)nc12. The van der Waals surface area contributed by atoms with Gasteiger partial charge in [-0.2, -0.15) is 8.42 Å². The fourth-order valence-electron chi connectivity index (χ4n) is 3.78. The molecule has 5 nitrogen and oxygen atoms in total. The first-order valence-corrected chi connectivity index (χ1v) is 13.1. The van der Waals surface area contributed by atoms with E-state index in [2.05, 4.69) is 23.0 Å². The third-order valence-corrected chi connectivity index (χ3v) is 6.22. The van der Waals surface area contributed by atoms with E-state index in [1.807, 2.05) is 18.2 Å². The zero-order valence-corrected chi connectivity index (χ0v) is 19.2. The average Bonchev–Trinajstić information content (AvgIpc) is 3.16. The molecule has 2 rings (SSSR count). The van der Waals surface area contributed by atoms with E-state index in [9.17, 15) is 8.42 Å². The van der Waals surface area contributed by atoms with Gasteiger partial charge in [0.05, 0.1) is 11.0 Å². The van der Waals surface area contributed by atoms with Crippen molar-refractivity contribution in [2.75, 3.05) is 0 Å². The van der Waals surface area contributed by atoms with E-state index in [4.69, 9.17) is 4.55 Å². The van der Waals surface area contributed by atoms with Gasteiger partial charge in [0.1, 0.15) is 0 Å². The summed E-state index contributed by atoms with van der Waals surface area (Å²) in [7, 11) is -4.32. The van der Waals surface area contributed by atoms with Crippen molar-refractivity contribution in [3.63, 3.8) is 0 Å². The van der Waals surface area contributed by atoms with Crippen LogP contribution in [0.4, 0.5) is 0 Å². The van der Waals surface area contributed by atoms with Crippen LogP contribution in [0.15, 0.2) is 29.4 Å². The Morgan fingerprint density at radius 2 is 1.47 bits per heavy atom. The molecule has 0 radical (unpaired) electrons. The van der Waals surface area contributed by atoms with Crippen molar-refractivity contribution in [2.24, 2.45) is 0 Å². The number of aromatic nitrogens is 2. The van der Waals surface area contributed by atoms with Crippen molar-refractivity contribution >= 4 is 27.2 Å². The highest BCUT2D eigenvalue weighted by atomic mass is 32.2. The number of nitrogens with zero attached hydrogens (tertiary/aromatic N) is 1. The molecule has 2 aromatic rings. The molecular formula is C24H38N2O3S. The van der Waals surface area contributed by atoms with Gasteiger partial charge in [0.2, 0.25) is 0 Å². The van der Waals surface area contributed by atoms with E-state index < -0.39 is 15.3 Å². The van der Waals surface area contributed by atoms with Crippen LogP contribution in [0.2, 0.25) is 0 Å². The minimum absolute atomic E-state index is 0.408. The lowest BCUT2D eigenvalue weighted by molar-refractivity contribution is 0.476. The highest BCUT2D eigenvalue weighted by Gasteiger charge is 2.16. The first-order valence-electron chi connectivity index (χ1n) is 11.6. The number of hydrogen-bond acceptors (Lipinski definition) is 3. The van der Waals surface area contributed by atoms with Gasteiger partial charge in [-0.3, -0.25) is 4.55 Å². The lowest BCUT2D eigenvalue weighted by Gasteiger charge is -2.02. The molecule has 0 aliphatic rings. The Morgan fingerprint density at radius 1 is 0.900 bits per heavy atom. The summed E-state index contributed by atoms with van der Waals surface area (Å²) in [5.74, 6) is 0. The molecule has 168 valence electrons. The summed E-state index contributed by atoms with van der Waals surface area (Å²) in [5, 5.41) is -0.408. The topological polar surface area (TPSA) is 83.0 Å². The van der Waals surface area contributed by atoms with Crippen LogP contribution < -0.4 is 0 Å². The maximum Gasteiger partial charge on any atom is 0.328 e. The molecule has 0 fully saturated rings. The third kappa shape index (κ3) is 9.00. The quantitative estimate of drug-likeness (QED) is 0.214. The van der Waals surface area contributed by atoms with Crippen molar-refractivity contribution in [2.45, 2.75) is 102 Å². The first kappa shape index (κ1) is 24.6. The van der Waals surface area contributed by atoms with E-state index in [0.29, 0.717) is 11.0 Å². The molecule has 0 spiro atoms. The number of allylic oxidation sites excluding steroid dienone is 1. The second-order valence-electron chi connectivity index (χ2n) is 8.19. The molecule has 1 aromatic carbocycles. The van der Waals surface area contributed by atoms with Gasteiger partial charge in [0, 0.05) is 5.56 Å². The fraction of sp³-hybridized carbons (Fsp3) is 0.625. The molecule has 2 N–H and O–H groups in total. The Hall–Kier alpha value is -1.66. The van der Waals surface area contributed by atoms with Crippen LogP contribution in [0.5, 0.6) is 0 Å². The Morgan fingerprint density at radius 3 is 2.03 bits per heavy atom. The molecule has 0 aliphatic carbocycles. The predicted molar refractivity (Wildman–Crippen MR) is 125 cm³/mol. The molecule has 0 saturated carbocycles. The molecule has 0 bridgehead atoms. The lowest BCUT2D eigenvalue weighted by Crippen LogP contribution is -1.99. The second-order valence-corrected chi connectivity index (χ2v) is 9.53. The van der Waals surface area contributed by atoms with Gasteiger partial charge in [-0.05, 0) is 18.9 Å². The van der Waals surface area contributed by atoms with Gasteiger partial charge in [0.25, 0.3) is 5.16 Å². The van der Waals surface area contributed by atoms with Crippen molar-refractivity contribution in [3.8, 4) is 0 Å². The minimum atomic E-state index is -4.32. The van der Waals surface area contributed by atoms with Gasteiger partial charge in [0.15, 0.2) is 0 Å². The van der Waals surface area contributed by atoms with Crippen LogP contribution >= 0.6 is 0 Å². The first-order chi connectivity index (χ1) is 14.5. The van der Waals surface area contributed by atoms with Crippen LogP contribution in [-0.4, -0.2) is 22.9 Å². The molecule has 0 amide bonds. The van der Waals surface area contributed by atoms with Gasteiger partial charge < -0.3 is 4.98 Å². The number of rotatable bonds is 16. The summed E-state index contributed by atoms with van der Waals surface area (Å²) in [4.78, 5) is 6.67. The van der Waals surface area contributed by atoms with Crippen LogP contribution in [0.3, 0.4) is 0 Å². The van der Waals surface area contributed by atoms with Gasteiger partial charge in [-0.25, -0.2) is 4.98 Å². The summed E-state index contributed by atoms with van der Waals surface area (Å²) >= 11 is 0. The molecule has 1 aromatic heterocycles. The largest absolute Gasteiger partial charge is 0.328 e. The van der Waals surface area contributed by atoms with Crippen LogP contribution in [0.25, 0.3) is 17.1 Å². The Balaban J connectivity index is 1.57. The van der Waals surface area contributed by atoms with Gasteiger partial charge in [-0.1, -0.05) is 108 Å². The van der Waals surface area contributed by atoms with Crippen LogP contribution in [0, 0.1) is 0 Å². The standard InChI is InChI=1S/C24H38N2O3S/c1-2-3-4-5-6-7-8-9-10-11-12-13-14-15-16-18-21-19-17-20-22-23(21)26-24(25-22)30(27,28)29/h16-20H,2-15H2,1H3,(H,25,26)(H,27,28,29). The van der Waals surface area contributed by atoms with E-state index in [0.717, 1.165) is 12.0 Å². The zero-order chi connectivity index (χ0) is 21.7. The summed E-state index contributed by atoms with van der Waals surface area (Å²) in [6.07, 6.45) is 22.7. The van der Waals surface area contributed by atoms with Gasteiger partial charge >= 0.3 is 10.1 Å². The number of para-hydroxylation sites is 1. The number of imidazole rings is 1. The molecule has 0 unspecified atom stereocenters. The fourth-order valence-corrected chi connectivity index (χ4v) is 4.22. The number of nitrogens with one attached hydrogen (secondary N) is 1. The number of hydrogen-bond donors (Lipinski definition) is 2. The summed E-state index contributed by atoms with van der Waals surface area (Å²) in [6, 6.07) is 5.50. The van der Waals surface area contributed by atoms with Gasteiger partial charge in [-0.15, -0.1) is 0 Å². The Kier molecular flexibility index (Phi) is 11.2. The van der Waals surface area contributed by atoms with Crippen molar-refractivity contribution in [1.82, 2.24) is 9.97 Å². The predicted octanol–water partition coefficient (Wildman–Crippen LogP) is 7.30. The number of unbranched alkanes of at least 4 members (excludes halogenated alkanes) is 13. The van der Waals surface area contributed by atoms with E-state index in [-0.39, 0.29) is 0 Å². The third-order valence-electron chi connectivity index (χ3n) is 5.54. The molecule has 1 heterocycles. The average molecular weight is 435 g/mol. The molecule has 0 atom stereocenters. The number of aromatic amines is 1. The van der Waals surface area contributed by atoms with Crippen molar-refractivity contribution < 1.29 is 13.0 Å². The monoisotopic (exact) mass is 434 g/mol. The lowest BCUT2D eigenvalue weighted by atomic mass is 10.0. The summed E-state index contributed by atoms with van der Waals surface area (Å²) in [6.45, 7) is 2.27. The summed E-state index contributed by atoms with van der Waals surface area (Å²) in [5.41, 5.74) is 2.02. The van der Waals surface area contributed by atoms with E-state index in [1.165, 1.54) is 83.5 Å². The smallest absolute Gasteiger partial charge is 0.327 e. The molecular weight excluding hydrogens is 396 g/mol. The number of fused-ring (bicyclic) bond motifs is 1. The highest BCUT2D eigenvalue weighted by molar-refractivity contribution is 7.85. The Bertz CT molecular complexity index is 872.